The molecule has 3 rings (SSSR count). The second-order valence-electron chi connectivity index (χ2n) is 6.13. The average Bonchev–Trinajstić information content (AvgIpc) is 2.63. The van der Waals surface area contributed by atoms with E-state index in [9.17, 15) is 19.3 Å². The van der Waals surface area contributed by atoms with Gasteiger partial charge < -0.3 is 9.80 Å². The number of hydrogen-bond donors (Lipinski definition) is 1. The highest BCUT2D eigenvalue weighted by Crippen LogP contribution is 2.19. The maximum Gasteiger partial charge on any atom is 0.305 e. The third-order valence-electron chi connectivity index (χ3n) is 4.44. The number of halogens is 1. The first-order valence-electron chi connectivity index (χ1n) is 8.15. The van der Waals surface area contributed by atoms with Crippen molar-refractivity contribution in [2.45, 2.75) is 6.54 Å². The Morgan fingerprint density at radius 3 is 2.48 bits per heavy atom. The Bertz CT molecular complexity index is 774. The minimum atomic E-state index is -0.932. The van der Waals surface area contributed by atoms with Gasteiger partial charge in [0.2, 0.25) is 5.82 Å². The van der Waals surface area contributed by atoms with Crippen molar-refractivity contribution in [1.82, 2.24) is 4.90 Å². The summed E-state index contributed by atoms with van der Waals surface area (Å²) >= 11 is 0. The Hall–Kier alpha value is -2.80. The number of nitro groups is 1. The normalized spacial score (nSPS) is 15.2. The lowest BCUT2D eigenvalue weighted by atomic mass is 10.1. The lowest BCUT2D eigenvalue weighted by molar-refractivity contribution is -0.917. The zero-order valence-electron chi connectivity index (χ0n) is 13.7. The Morgan fingerprint density at radius 2 is 1.84 bits per heavy atom. The van der Waals surface area contributed by atoms with Crippen LogP contribution >= 0.6 is 0 Å². The molecule has 1 fully saturated rings. The lowest BCUT2D eigenvalue weighted by Gasteiger charge is -2.32. The van der Waals surface area contributed by atoms with Gasteiger partial charge in [0.05, 0.1) is 31.1 Å². The van der Waals surface area contributed by atoms with Gasteiger partial charge in [-0.1, -0.05) is 30.3 Å². The molecule has 2 aromatic carbocycles. The van der Waals surface area contributed by atoms with Crippen LogP contribution in [0.3, 0.4) is 0 Å². The van der Waals surface area contributed by atoms with Gasteiger partial charge in [0, 0.05) is 17.2 Å². The molecule has 0 aromatic heterocycles. The second-order valence-corrected chi connectivity index (χ2v) is 6.13. The zero-order valence-corrected chi connectivity index (χ0v) is 13.7. The Morgan fingerprint density at radius 1 is 1.16 bits per heavy atom. The molecule has 25 heavy (non-hydrogen) atoms. The quantitative estimate of drug-likeness (QED) is 0.671. The van der Waals surface area contributed by atoms with E-state index in [4.69, 9.17) is 0 Å². The van der Waals surface area contributed by atoms with Crippen LogP contribution in [0.25, 0.3) is 0 Å². The van der Waals surface area contributed by atoms with E-state index in [0.29, 0.717) is 13.1 Å². The first kappa shape index (κ1) is 17.0. The molecule has 0 atom stereocenters. The van der Waals surface area contributed by atoms with Gasteiger partial charge in [0.25, 0.3) is 5.91 Å². The van der Waals surface area contributed by atoms with Gasteiger partial charge in [-0.25, -0.2) is 0 Å². The molecule has 130 valence electrons. The van der Waals surface area contributed by atoms with Crippen LogP contribution < -0.4 is 4.90 Å². The van der Waals surface area contributed by atoms with E-state index in [1.54, 1.807) is 4.90 Å². The predicted octanol–water partition coefficient (Wildman–Crippen LogP) is 1.27. The highest BCUT2D eigenvalue weighted by Gasteiger charge is 2.26. The number of benzene rings is 2. The number of hydrogen-bond acceptors (Lipinski definition) is 3. The summed E-state index contributed by atoms with van der Waals surface area (Å²) in [6.45, 7) is 3.68. The highest BCUT2D eigenvalue weighted by atomic mass is 19.1. The van der Waals surface area contributed by atoms with E-state index < -0.39 is 16.4 Å². The van der Waals surface area contributed by atoms with Crippen LogP contribution in [0, 0.1) is 15.9 Å². The van der Waals surface area contributed by atoms with Gasteiger partial charge in [-0.3, -0.25) is 14.9 Å². The van der Waals surface area contributed by atoms with Crippen LogP contribution in [-0.4, -0.2) is 41.9 Å². The maximum atomic E-state index is 13.4. The van der Waals surface area contributed by atoms with Crippen molar-refractivity contribution in [3.63, 3.8) is 0 Å². The van der Waals surface area contributed by atoms with Crippen molar-refractivity contribution in [2.24, 2.45) is 0 Å². The number of amides is 1. The van der Waals surface area contributed by atoms with Crippen LogP contribution in [0.1, 0.15) is 15.9 Å². The van der Waals surface area contributed by atoms with Gasteiger partial charge in [0.15, 0.2) is 0 Å². The smallest absolute Gasteiger partial charge is 0.305 e. The van der Waals surface area contributed by atoms with Crippen LogP contribution in [0.4, 0.5) is 10.1 Å². The molecule has 7 heteroatoms. The van der Waals surface area contributed by atoms with Crippen LogP contribution in [0.15, 0.2) is 48.5 Å². The van der Waals surface area contributed by atoms with Crippen molar-refractivity contribution in [3.8, 4) is 0 Å². The Kier molecular flexibility index (Phi) is 5.04. The number of piperazine rings is 1. The van der Waals surface area contributed by atoms with E-state index in [0.717, 1.165) is 31.8 Å². The minimum absolute atomic E-state index is 0.152. The maximum absolute atomic E-state index is 13.4. The van der Waals surface area contributed by atoms with Crippen LogP contribution in [0.2, 0.25) is 0 Å². The summed E-state index contributed by atoms with van der Waals surface area (Å²) in [5.74, 6) is -1.22. The minimum Gasteiger partial charge on any atom is -0.328 e. The summed E-state index contributed by atoms with van der Waals surface area (Å²) in [5, 5.41) is 10.8. The predicted molar refractivity (Wildman–Crippen MR) is 89.8 cm³/mol. The SMILES string of the molecule is O=C(c1ccc(F)c([N+](=O)[O-])c1)N1CC[NH+](Cc2ccccc2)CC1. The van der Waals surface area contributed by atoms with E-state index in [-0.39, 0.29) is 11.5 Å². The molecule has 1 amide bonds. The number of quaternary nitrogens is 1. The fourth-order valence-electron chi connectivity index (χ4n) is 3.06. The van der Waals surface area contributed by atoms with E-state index >= 15 is 0 Å². The van der Waals surface area contributed by atoms with Crippen molar-refractivity contribution in [3.05, 3.63) is 75.6 Å². The van der Waals surface area contributed by atoms with Crippen molar-refractivity contribution >= 4 is 11.6 Å². The number of nitrogens with one attached hydrogen (secondary N) is 1. The summed E-state index contributed by atoms with van der Waals surface area (Å²) < 4.78 is 13.4. The molecule has 0 saturated carbocycles. The molecular formula is C18H19FN3O3+. The second kappa shape index (κ2) is 7.40. The number of carbonyl (C=O) groups excluding carboxylic acids is 1. The number of nitro benzene ring substituents is 1. The van der Waals surface area contributed by atoms with Gasteiger partial charge in [-0.15, -0.1) is 0 Å². The van der Waals surface area contributed by atoms with Crippen molar-refractivity contribution in [1.29, 1.82) is 0 Å². The van der Waals surface area contributed by atoms with Gasteiger partial charge in [0.1, 0.15) is 6.54 Å². The molecule has 2 aromatic rings. The summed E-state index contributed by atoms with van der Waals surface area (Å²) in [5.41, 5.74) is 0.741. The van der Waals surface area contributed by atoms with Crippen molar-refractivity contribution < 1.29 is 19.0 Å². The third kappa shape index (κ3) is 4.00. The van der Waals surface area contributed by atoms with E-state index in [1.165, 1.54) is 16.5 Å². The Balaban J connectivity index is 1.62. The fraction of sp³-hybridized carbons (Fsp3) is 0.278. The molecule has 6 nitrogen and oxygen atoms in total. The first-order chi connectivity index (χ1) is 12.0. The zero-order chi connectivity index (χ0) is 17.8. The first-order valence-corrected chi connectivity index (χ1v) is 8.15. The fourth-order valence-corrected chi connectivity index (χ4v) is 3.06. The third-order valence-corrected chi connectivity index (χ3v) is 4.44. The number of nitrogens with zero attached hydrogens (tertiary/aromatic N) is 2. The van der Waals surface area contributed by atoms with Gasteiger partial charge >= 0.3 is 5.69 Å². The average molecular weight is 344 g/mol. The molecule has 0 spiro atoms. The largest absolute Gasteiger partial charge is 0.328 e. The van der Waals surface area contributed by atoms with Crippen molar-refractivity contribution in [2.75, 3.05) is 26.2 Å². The molecule has 1 aliphatic heterocycles. The van der Waals surface area contributed by atoms with Gasteiger partial charge in [-0.2, -0.15) is 4.39 Å². The molecular weight excluding hydrogens is 325 g/mol. The monoisotopic (exact) mass is 344 g/mol. The molecule has 0 radical (unpaired) electrons. The highest BCUT2D eigenvalue weighted by molar-refractivity contribution is 5.94. The van der Waals surface area contributed by atoms with Crippen LogP contribution in [0.5, 0.6) is 0 Å². The lowest BCUT2D eigenvalue weighted by Crippen LogP contribution is -3.13. The molecule has 1 saturated heterocycles. The standard InChI is InChI=1S/C18H18FN3O3/c19-16-7-6-15(12-17(16)22(24)25)18(23)21-10-8-20(9-11-21)13-14-4-2-1-3-5-14/h1-7,12H,8-11,13H2/p+1. The summed E-state index contributed by atoms with van der Waals surface area (Å²) in [6.07, 6.45) is 0. The van der Waals surface area contributed by atoms with Gasteiger partial charge in [-0.05, 0) is 12.1 Å². The summed E-state index contributed by atoms with van der Waals surface area (Å²) in [6, 6.07) is 13.5. The molecule has 0 bridgehead atoms. The van der Waals surface area contributed by atoms with E-state index in [2.05, 4.69) is 12.1 Å². The molecule has 0 aliphatic carbocycles. The van der Waals surface area contributed by atoms with Crippen LogP contribution in [-0.2, 0) is 6.54 Å². The molecule has 1 N–H and O–H groups in total. The Labute approximate surface area is 144 Å². The topological polar surface area (TPSA) is 67.9 Å². The van der Waals surface area contributed by atoms with E-state index in [1.807, 2.05) is 18.2 Å². The molecule has 0 unspecified atom stereocenters. The summed E-state index contributed by atoms with van der Waals surface area (Å²) in [4.78, 5) is 25.6. The number of rotatable bonds is 4. The molecule has 1 aliphatic rings. The molecule has 1 heterocycles. The number of carbonyl (C=O) groups is 1. The summed E-state index contributed by atoms with van der Waals surface area (Å²) in [7, 11) is 0.